The van der Waals surface area contributed by atoms with Crippen LogP contribution in [0.15, 0.2) is 24.2 Å². The summed E-state index contributed by atoms with van der Waals surface area (Å²) in [5.41, 5.74) is -1.95. The fraction of sp³-hybridized carbons (Fsp3) is 0.400. The molecule has 0 bridgehead atoms. The first-order valence-electron chi connectivity index (χ1n) is 9.88. The Hall–Kier alpha value is -1.04. The predicted octanol–water partition coefficient (Wildman–Crippen LogP) is -0.797. The lowest BCUT2D eigenvalue weighted by Gasteiger charge is -2.28. The van der Waals surface area contributed by atoms with Crippen molar-refractivity contribution in [2.45, 2.75) is 0 Å². The second-order valence-electron chi connectivity index (χ2n) is 2.50. The molecule has 15 heavy (non-hydrogen) atoms. The fourth-order valence-electron chi connectivity index (χ4n) is 0.859. The van der Waals surface area contributed by atoms with E-state index in [-0.39, 0.29) is 4.90 Å². The lowest BCUT2D eigenvalue weighted by atomic mass is 9.80. The topological polar surface area (TPSA) is 52.9 Å². The summed E-state index contributed by atoms with van der Waals surface area (Å²) in [4.78, 5) is -0.183. The SMILES string of the molecule is [2H]c1c([2H])c(N2C([2H])([2H])C([2H])([2H])OC([2H])([2H])C2([2H])[2H])c([2H])c([2H])c1B(O)O. The zero-order valence-electron chi connectivity index (χ0n) is 19.3. The van der Waals surface area contributed by atoms with Crippen molar-refractivity contribution in [2.24, 2.45) is 0 Å². The van der Waals surface area contributed by atoms with E-state index in [1.54, 1.807) is 0 Å². The Morgan fingerprint density at radius 3 is 2.40 bits per heavy atom. The number of hydrogen-bond donors (Lipinski definition) is 2. The van der Waals surface area contributed by atoms with Gasteiger partial charge in [0.05, 0.1) is 29.6 Å². The van der Waals surface area contributed by atoms with Crippen LogP contribution >= 0.6 is 0 Å². The Bertz CT molecular complexity index is 730. The van der Waals surface area contributed by atoms with Crippen molar-refractivity contribution >= 4 is 18.3 Å². The molecule has 1 aliphatic rings. The highest BCUT2D eigenvalue weighted by Crippen LogP contribution is 2.13. The summed E-state index contributed by atoms with van der Waals surface area (Å²) in [6, 6.07) is -4.28. The Morgan fingerprint density at radius 2 is 1.87 bits per heavy atom. The van der Waals surface area contributed by atoms with E-state index in [1.165, 1.54) is 0 Å². The van der Waals surface area contributed by atoms with Crippen LogP contribution in [0.25, 0.3) is 0 Å². The molecule has 4 nitrogen and oxygen atoms in total. The number of ether oxygens (including phenoxy) is 1. The highest BCUT2D eigenvalue weighted by Gasteiger charge is 2.13. The van der Waals surface area contributed by atoms with Crippen molar-refractivity contribution in [3.63, 3.8) is 0 Å². The highest BCUT2D eigenvalue weighted by atomic mass is 16.5. The van der Waals surface area contributed by atoms with E-state index >= 15 is 0 Å². The van der Waals surface area contributed by atoms with E-state index in [2.05, 4.69) is 4.74 Å². The number of morpholine rings is 1. The zero-order valence-corrected chi connectivity index (χ0v) is 7.33. The summed E-state index contributed by atoms with van der Waals surface area (Å²) >= 11 is 0. The molecule has 2 N–H and O–H groups in total. The van der Waals surface area contributed by atoms with E-state index in [0.717, 1.165) is 0 Å². The molecule has 2 rings (SSSR count). The second-order valence-corrected chi connectivity index (χ2v) is 2.50. The van der Waals surface area contributed by atoms with Crippen LogP contribution in [0.3, 0.4) is 0 Å². The summed E-state index contributed by atoms with van der Waals surface area (Å²) in [6.07, 6.45) is 0. The van der Waals surface area contributed by atoms with Gasteiger partial charge in [-0.2, -0.15) is 0 Å². The number of rotatable bonds is 2. The van der Waals surface area contributed by atoms with Gasteiger partial charge in [-0.3, -0.25) is 0 Å². The van der Waals surface area contributed by atoms with Gasteiger partial charge in [-0.15, -0.1) is 0 Å². The van der Waals surface area contributed by atoms with Gasteiger partial charge in [0.15, 0.2) is 0 Å². The number of anilines is 1. The van der Waals surface area contributed by atoms with Crippen molar-refractivity contribution in [3.8, 4) is 0 Å². The van der Waals surface area contributed by atoms with Crippen LogP contribution < -0.4 is 10.4 Å². The molecule has 0 aromatic heterocycles. The summed E-state index contributed by atoms with van der Waals surface area (Å²) in [7, 11) is -2.41. The summed E-state index contributed by atoms with van der Waals surface area (Å²) in [6.45, 7) is -13.8. The molecule has 1 aliphatic heterocycles. The lowest BCUT2D eigenvalue weighted by molar-refractivity contribution is 0.122. The highest BCUT2D eigenvalue weighted by molar-refractivity contribution is 6.58. The monoisotopic (exact) mass is 219 g/mol. The van der Waals surface area contributed by atoms with Gasteiger partial charge >= 0.3 is 7.12 Å². The lowest BCUT2D eigenvalue weighted by Crippen LogP contribution is -2.36. The van der Waals surface area contributed by atoms with Gasteiger partial charge in [0.1, 0.15) is 0 Å². The predicted molar refractivity (Wildman–Crippen MR) is 59.3 cm³/mol. The molecule has 1 saturated heterocycles. The molecule has 0 unspecified atom stereocenters. The third-order valence-corrected chi connectivity index (χ3v) is 1.53. The molecule has 80 valence electrons. The summed E-state index contributed by atoms with van der Waals surface area (Å²) < 4.78 is 98.0. The van der Waals surface area contributed by atoms with E-state index in [1.807, 2.05) is 0 Å². The molecule has 1 aromatic carbocycles. The first-order valence-corrected chi connectivity index (χ1v) is 3.88. The zero-order chi connectivity index (χ0) is 21.3. The van der Waals surface area contributed by atoms with E-state index < -0.39 is 68.5 Å². The van der Waals surface area contributed by atoms with Gasteiger partial charge in [-0.05, 0) is 17.5 Å². The molecule has 0 atom stereocenters. The molecule has 1 fully saturated rings. The van der Waals surface area contributed by atoms with Gasteiger partial charge in [0.25, 0.3) is 0 Å². The normalized spacial score (nSPS) is 41.6. The summed E-state index contributed by atoms with van der Waals surface area (Å²) in [5, 5.41) is 18.5. The standard InChI is InChI=1S/C10H14BNO3/c13-11(14)9-1-3-10(4-2-9)12-5-7-15-8-6-12/h1-4,13-14H,5-8H2/i1D,2D,3D,4D,5D2,6D2,7D2,8D2. The quantitative estimate of drug-likeness (QED) is 0.639. The first kappa shape index (κ1) is 3.23. The molecule has 5 heteroatoms. The van der Waals surface area contributed by atoms with Gasteiger partial charge in [0.2, 0.25) is 0 Å². The Morgan fingerprint density at radius 1 is 1.27 bits per heavy atom. The maximum absolute atomic E-state index is 9.25. The largest absolute Gasteiger partial charge is 0.488 e. The Balaban J connectivity index is 2.93. The van der Waals surface area contributed by atoms with Crippen molar-refractivity contribution in [3.05, 3.63) is 24.2 Å². The molecule has 0 saturated carbocycles. The van der Waals surface area contributed by atoms with Crippen LogP contribution in [-0.2, 0) is 4.74 Å². The van der Waals surface area contributed by atoms with E-state index in [0.29, 0.717) is 0 Å². The minimum absolute atomic E-state index is 0.183. The van der Waals surface area contributed by atoms with Crippen LogP contribution in [0.5, 0.6) is 0 Å². The Kier molecular flexibility index (Phi) is 1.00. The molecule has 1 heterocycles. The number of hydrogen-bond acceptors (Lipinski definition) is 4. The van der Waals surface area contributed by atoms with Gasteiger partial charge in [-0.1, -0.05) is 12.1 Å². The van der Waals surface area contributed by atoms with Crippen molar-refractivity contribution in [1.29, 1.82) is 0 Å². The summed E-state index contributed by atoms with van der Waals surface area (Å²) in [5.74, 6) is 0. The number of benzene rings is 1. The molecule has 0 radical (unpaired) electrons. The number of nitrogens with zero attached hydrogens (tertiary/aromatic N) is 1. The van der Waals surface area contributed by atoms with Crippen molar-refractivity contribution < 1.29 is 31.2 Å². The van der Waals surface area contributed by atoms with Gasteiger partial charge in [0, 0.05) is 18.7 Å². The molecule has 1 aromatic rings. The molecule has 0 aliphatic carbocycles. The third kappa shape index (κ3) is 2.50. The van der Waals surface area contributed by atoms with Crippen LogP contribution in [-0.4, -0.2) is 43.3 Å². The average Bonchev–Trinajstić information content (AvgIpc) is 2.46. The van der Waals surface area contributed by atoms with Gasteiger partial charge < -0.3 is 19.7 Å². The Labute approximate surface area is 106 Å². The molecular formula is C10H14BNO3. The second kappa shape index (κ2) is 4.66. The van der Waals surface area contributed by atoms with Crippen molar-refractivity contribution in [2.75, 3.05) is 31.0 Å². The third-order valence-electron chi connectivity index (χ3n) is 1.53. The van der Waals surface area contributed by atoms with E-state index in [4.69, 9.17) is 16.4 Å². The first-order chi connectivity index (χ1) is 11.9. The molecule has 0 spiro atoms. The fourth-order valence-corrected chi connectivity index (χ4v) is 0.859. The maximum Gasteiger partial charge on any atom is 0.488 e. The molecule has 0 amide bonds. The van der Waals surface area contributed by atoms with Gasteiger partial charge in [-0.25, -0.2) is 0 Å². The van der Waals surface area contributed by atoms with Crippen LogP contribution in [0, 0.1) is 0 Å². The smallest absolute Gasteiger partial charge is 0.423 e. The van der Waals surface area contributed by atoms with Crippen LogP contribution in [0.4, 0.5) is 5.69 Å². The minimum atomic E-state index is -3.47. The minimum Gasteiger partial charge on any atom is -0.423 e. The maximum atomic E-state index is 9.25. The molecular weight excluding hydrogens is 193 g/mol. The van der Waals surface area contributed by atoms with Crippen LogP contribution in [0.1, 0.15) is 16.4 Å². The van der Waals surface area contributed by atoms with E-state index in [9.17, 15) is 10.0 Å². The van der Waals surface area contributed by atoms with Crippen molar-refractivity contribution in [1.82, 2.24) is 0 Å². The van der Waals surface area contributed by atoms with Crippen LogP contribution in [0.2, 0.25) is 0 Å². The average molecular weight is 219 g/mol.